The predicted molar refractivity (Wildman–Crippen MR) is 110 cm³/mol. The molecule has 4 rings (SSSR count). The second kappa shape index (κ2) is 7.92. The summed E-state index contributed by atoms with van der Waals surface area (Å²) in [7, 11) is -3.51. The average Bonchev–Trinajstić information content (AvgIpc) is 3.20. The molecular weight excluding hydrogens is 376 g/mol. The third-order valence-electron chi connectivity index (χ3n) is 4.89. The van der Waals surface area contributed by atoms with E-state index in [1.165, 1.54) is 6.42 Å². The highest BCUT2D eigenvalue weighted by Gasteiger charge is 2.22. The molecule has 1 saturated carbocycles. The number of nitrogens with one attached hydrogen (secondary N) is 1. The molecule has 1 heterocycles. The lowest BCUT2D eigenvalue weighted by atomic mass is 9.96. The van der Waals surface area contributed by atoms with Gasteiger partial charge >= 0.3 is 0 Å². The Morgan fingerprint density at radius 1 is 0.926 bits per heavy atom. The Morgan fingerprint density at radius 3 is 2.44 bits per heavy atom. The fourth-order valence-electron chi connectivity index (χ4n) is 3.45. The number of nitrogens with zero attached hydrogens (tertiary/aromatic N) is 1. The van der Waals surface area contributed by atoms with E-state index in [9.17, 15) is 8.42 Å². The van der Waals surface area contributed by atoms with Gasteiger partial charge in [-0.2, -0.15) is 0 Å². The molecule has 1 aromatic heterocycles. The van der Waals surface area contributed by atoms with Gasteiger partial charge in [0.15, 0.2) is 0 Å². The molecular formula is C21H22N2O2S2. The van der Waals surface area contributed by atoms with Crippen molar-refractivity contribution >= 4 is 21.4 Å². The molecule has 27 heavy (non-hydrogen) atoms. The number of sulfonamides is 1. The van der Waals surface area contributed by atoms with E-state index in [0.29, 0.717) is 4.90 Å². The second-order valence-corrected chi connectivity index (χ2v) is 9.46. The minimum Gasteiger partial charge on any atom is -0.236 e. The van der Waals surface area contributed by atoms with Crippen molar-refractivity contribution in [3.63, 3.8) is 0 Å². The maximum absolute atomic E-state index is 12.8. The lowest BCUT2D eigenvalue weighted by Gasteiger charge is -2.22. The summed E-state index contributed by atoms with van der Waals surface area (Å²) in [4.78, 5) is 5.00. The lowest BCUT2D eigenvalue weighted by Crippen LogP contribution is -2.36. The predicted octanol–water partition coefficient (Wildman–Crippen LogP) is 5.09. The number of hydrogen-bond donors (Lipinski definition) is 1. The van der Waals surface area contributed by atoms with Gasteiger partial charge in [0.1, 0.15) is 5.01 Å². The molecule has 1 aliphatic rings. The van der Waals surface area contributed by atoms with Crippen LogP contribution in [-0.4, -0.2) is 19.4 Å². The molecule has 6 heteroatoms. The zero-order valence-corrected chi connectivity index (χ0v) is 16.6. The van der Waals surface area contributed by atoms with Gasteiger partial charge in [-0.1, -0.05) is 61.7 Å². The van der Waals surface area contributed by atoms with Crippen LogP contribution in [0.2, 0.25) is 0 Å². The van der Waals surface area contributed by atoms with E-state index in [0.717, 1.165) is 47.5 Å². The molecule has 140 valence electrons. The highest BCUT2D eigenvalue weighted by Crippen LogP contribution is 2.30. The third-order valence-corrected chi connectivity index (χ3v) is 7.30. The molecule has 1 N–H and O–H groups in total. The van der Waals surface area contributed by atoms with Gasteiger partial charge in [0.25, 0.3) is 0 Å². The Kier molecular flexibility index (Phi) is 5.38. The number of hydrogen-bond acceptors (Lipinski definition) is 4. The fraction of sp³-hybridized carbons (Fsp3) is 0.286. The quantitative estimate of drug-likeness (QED) is 0.651. The van der Waals surface area contributed by atoms with E-state index in [2.05, 4.69) is 4.72 Å². The van der Waals surface area contributed by atoms with Gasteiger partial charge in [0.2, 0.25) is 10.0 Å². The first-order valence-corrected chi connectivity index (χ1v) is 11.6. The molecule has 1 fully saturated rings. The first kappa shape index (κ1) is 18.3. The topological polar surface area (TPSA) is 59.1 Å². The first-order chi connectivity index (χ1) is 13.1. The third kappa shape index (κ3) is 4.29. The normalized spacial score (nSPS) is 15.7. The number of rotatable bonds is 5. The summed E-state index contributed by atoms with van der Waals surface area (Å²) in [6.07, 6.45) is 5.22. The molecule has 0 radical (unpaired) electrons. The van der Waals surface area contributed by atoms with Crippen LogP contribution >= 0.6 is 11.3 Å². The summed E-state index contributed by atoms with van der Waals surface area (Å²) in [6.45, 7) is 0. The van der Waals surface area contributed by atoms with Gasteiger partial charge in [-0.3, -0.25) is 0 Å². The minimum atomic E-state index is -3.51. The molecule has 0 saturated heterocycles. The Hall–Kier alpha value is -2.02. The molecule has 0 spiro atoms. The van der Waals surface area contributed by atoms with Crippen molar-refractivity contribution in [2.45, 2.75) is 43.0 Å². The van der Waals surface area contributed by atoms with Crippen molar-refractivity contribution in [3.8, 4) is 21.8 Å². The number of benzene rings is 2. The largest absolute Gasteiger partial charge is 0.240 e. The van der Waals surface area contributed by atoms with Crippen LogP contribution in [0, 0.1) is 0 Å². The van der Waals surface area contributed by atoms with Gasteiger partial charge in [-0.25, -0.2) is 18.1 Å². The van der Waals surface area contributed by atoms with Crippen LogP contribution in [0.25, 0.3) is 21.8 Å². The van der Waals surface area contributed by atoms with E-state index < -0.39 is 10.0 Å². The molecule has 0 atom stereocenters. The smallest absolute Gasteiger partial charge is 0.236 e. The average molecular weight is 399 g/mol. The van der Waals surface area contributed by atoms with Crippen LogP contribution in [0.1, 0.15) is 32.1 Å². The maximum atomic E-state index is 12.8. The van der Waals surface area contributed by atoms with Crippen LogP contribution in [0.3, 0.4) is 0 Å². The highest BCUT2D eigenvalue weighted by molar-refractivity contribution is 7.89. The molecule has 0 aliphatic heterocycles. The summed E-state index contributed by atoms with van der Waals surface area (Å²) < 4.78 is 28.4. The van der Waals surface area contributed by atoms with Crippen molar-refractivity contribution in [2.75, 3.05) is 0 Å². The fourth-order valence-corrected chi connectivity index (χ4v) is 5.64. The molecule has 4 nitrogen and oxygen atoms in total. The van der Waals surface area contributed by atoms with Crippen LogP contribution in [0.15, 0.2) is 64.9 Å². The van der Waals surface area contributed by atoms with E-state index >= 15 is 0 Å². The van der Waals surface area contributed by atoms with Crippen molar-refractivity contribution in [2.24, 2.45) is 0 Å². The lowest BCUT2D eigenvalue weighted by molar-refractivity contribution is 0.412. The first-order valence-electron chi connectivity index (χ1n) is 9.25. The highest BCUT2D eigenvalue weighted by atomic mass is 32.2. The summed E-state index contributed by atoms with van der Waals surface area (Å²) in [5.74, 6) is 0. The summed E-state index contributed by atoms with van der Waals surface area (Å²) >= 11 is 1.56. The van der Waals surface area contributed by atoms with Gasteiger partial charge in [-0.05, 0) is 25.0 Å². The van der Waals surface area contributed by atoms with Crippen LogP contribution in [-0.2, 0) is 10.0 Å². The van der Waals surface area contributed by atoms with Crippen molar-refractivity contribution in [3.05, 3.63) is 60.0 Å². The van der Waals surface area contributed by atoms with Crippen LogP contribution in [0.5, 0.6) is 0 Å². The van der Waals surface area contributed by atoms with E-state index in [4.69, 9.17) is 4.98 Å². The zero-order valence-electron chi connectivity index (χ0n) is 15.0. The summed E-state index contributed by atoms with van der Waals surface area (Å²) in [6, 6.07) is 17.1. The van der Waals surface area contributed by atoms with E-state index in [1.807, 2.05) is 41.8 Å². The Balaban J connectivity index is 1.58. The van der Waals surface area contributed by atoms with Crippen molar-refractivity contribution < 1.29 is 8.42 Å². The Morgan fingerprint density at radius 2 is 1.67 bits per heavy atom. The van der Waals surface area contributed by atoms with Crippen LogP contribution in [0.4, 0.5) is 0 Å². The van der Waals surface area contributed by atoms with Gasteiger partial charge in [0, 0.05) is 22.5 Å². The molecule has 0 unspecified atom stereocenters. The maximum Gasteiger partial charge on any atom is 0.240 e. The monoisotopic (exact) mass is 398 g/mol. The van der Waals surface area contributed by atoms with Crippen LogP contribution < -0.4 is 4.72 Å². The standard InChI is InChI=1S/C21H22N2O2S2/c24-27(25,23-18-11-5-2-6-12-18)19-13-7-10-17(14-19)20-15-26-21(22-20)16-8-3-1-4-9-16/h1,3-4,7-10,13-15,18,23H,2,5-6,11-12H2. The molecule has 0 amide bonds. The Bertz CT molecular complexity index is 1010. The SMILES string of the molecule is O=S(=O)(NC1CCCCC1)c1cccc(-c2csc(-c3ccccc3)n2)c1. The van der Waals surface area contributed by atoms with Crippen molar-refractivity contribution in [1.29, 1.82) is 0 Å². The Labute approximate surface area is 164 Å². The molecule has 0 bridgehead atoms. The summed E-state index contributed by atoms with van der Waals surface area (Å²) in [5.41, 5.74) is 2.69. The van der Waals surface area contributed by atoms with Gasteiger partial charge in [-0.15, -0.1) is 11.3 Å². The van der Waals surface area contributed by atoms with Gasteiger partial charge in [0.05, 0.1) is 10.6 Å². The molecule has 1 aliphatic carbocycles. The second-order valence-electron chi connectivity index (χ2n) is 6.89. The number of aromatic nitrogens is 1. The van der Waals surface area contributed by atoms with E-state index in [1.54, 1.807) is 29.5 Å². The van der Waals surface area contributed by atoms with E-state index in [-0.39, 0.29) is 6.04 Å². The summed E-state index contributed by atoms with van der Waals surface area (Å²) in [5, 5.41) is 2.90. The number of thiazole rings is 1. The molecule has 3 aromatic rings. The van der Waals surface area contributed by atoms with Crippen molar-refractivity contribution in [1.82, 2.24) is 9.71 Å². The zero-order chi connectivity index (χ0) is 18.7. The molecule has 2 aromatic carbocycles. The minimum absolute atomic E-state index is 0.0522. The van der Waals surface area contributed by atoms with Gasteiger partial charge < -0.3 is 0 Å².